The van der Waals surface area contributed by atoms with Gasteiger partial charge in [0.05, 0.1) is 0 Å². The first-order valence-electron chi connectivity index (χ1n) is 18.5. The lowest BCUT2D eigenvalue weighted by atomic mass is 9.93. The third kappa shape index (κ3) is 5.46. The average Bonchev–Trinajstić information content (AvgIpc) is 3.86. The lowest BCUT2D eigenvalue weighted by Crippen LogP contribution is -2.00. The van der Waals surface area contributed by atoms with E-state index in [2.05, 4.69) is 120 Å². The van der Waals surface area contributed by atoms with Crippen molar-refractivity contribution in [3.63, 3.8) is 0 Å². The molecule has 0 saturated heterocycles. The molecule has 0 unspecified atom stereocenters. The van der Waals surface area contributed by atoms with Crippen LogP contribution in [-0.4, -0.2) is 19.9 Å². The molecule has 262 valence electrons. The summed E-state index contributed by atoms with van der Waals surface area (Å²) in [7, 11) is 0. The third-order valence-electron chi connectivity index (χ3n) is 10.5. The van der Waals surface area contributed by atoms with Crippen LogP contribution < -0.4 is 0 Å². The highest BCUT2D eigenvalue weighted by atomic mass is 32.1. The summed E-state index contributed by atoms with van der Waals surface area (Å²) in [5.74, 6) is 1.83. The van der Waals surface area contributed by atoms with Gasteiger partial charge in [-0.05, 0) is 47.0 Å². The molecule has 0 amide bonds. The van der Waals surface area contributed by atoms with Gasteiger partial charge in [-0.25, -0.2) is 15.0 Å². The van der Waals surface area contributed by atoms with Gasteiger partial charge in [-0.2, -0.15) is 0 Å². The maximum absolute atomic E-state index is 6.72. The molecule has 0 aliphatic heterocycles. The van der Waals surface area contributed by atoms with Crippen LogP contribution in [0.15, 0.2) is 187 Å². The van der Waals surface area contributed by atoms with Crippen molar-refractivity contribution in [2.75, 3.05) is 0 Å². The molecule has 6 heteroatoms. The summed E-state index contributed by atoms with van der Waals surface area (Å²) in [6.45, 7) is 0. The minimum absolute atomic E-state index is 0.604. The molecule has 0 N–H and O–H groups in total. The Morgan fingerprint density at radius 2 is 1.04 bits per heavy atom. The second-order valence-corrected chi connectivity index (χ2v) is 14.9. The standard InChI is InChI=1S/C50H30N4OS/c1-2-11-32(12-3-1)48-52-49(54-50(53-48)35-14-8-13-34(29-35)36-15-10-28-51-30-36)33-24-22-31(23-25-33)37-26-27-39(45-42-17-4-6-20-43(42)55-46(37)45)41-19-9-18-40-38-16-5-7-21-44(38)56-47(40)41/h1-30H. The molecule has 11 rings (SSSR count). The van der Waals surface area contributed by atoms with E-state index in [4.69, 9.17) is 19.4 Å². The molecule has 56 heavy (non-hydrogen) atoms. The quantitative estimate of drug-likeness (QED) is 0.170. The molecule has 4 heterocycles. The number of hydrogen-bond donors (Lipinski definition) is 0. The summed E-state index contributed by atoms with van der Waals surface area (Å²) in [4.78, 5) is 19.3. The number of nitrogens with zero attached hydrogens (tertiary/aromatic N) is 4. The van der Waals surface area contributed by atoms with E-state index in [-0.39, 0.29) is 0 Å². The van der Waals surface area contributed by atoms with Gasteiger partial charge in [0.1, 0.15) is 11.2 Å². The SMILES string of the molecule is c1ccc(-c2nc(-c3ccc(-c4ccc(-c5cccc6c5sc5ccccc56)c5c4oc4ccccc45)cc3)nc(-c3cccc(-c4cccnc4)c3)n2)cc1. The van der Waals surface area contributed by atoms with Crippen LogP contribution in [0.1, 0.15) is 0 Å². The molecule has 0 bridgehead atoms. The lowest BCUT2D eigenvalue weighted by molar-refractivity contribution is 0.670. The fourth-order valence-electron chi connectivity index (χ4n) is 7.76. The highest BCUT2D eigenvalue weighted by molar-refractivity contribution is 7.26. The van der Waals surface area contributed by atoms with Crippen LogP contribution in [0.25, 0.3) is 110 Å². The molecule has 0 atom stereocenters. The van der Waals surface area contributed by atoms with Gasteiger partial charge >= 0.3 is 0 Å². The van der Waals surface area contributed by atoms with Crippen molar-refractivity contribution in [3.05, 3.63) is 182 Å². The van der Waals surface area contributed by atoms with E-state index in [1.807, 2.05) is 72.1 Å². The summed E-state index contributed by atoms with van der Waals surface area (Å²) in [5.41, 5.74) is 11.0. The minimum atomic E-state index is 0.604. The summed E-state index contributed by atoms with van der Waals surface area (Å²) in [6, 6.07) is 58.9. The molecule has 7 aromatic carbocycles. The predicted molar refractivity (Wildman–Crippen MR) is 230 cm³/mol. The van der Waals surface area contributed by atoms with Gasteiger partial charge in [-0.3, -0.25) is 4.98 Å². The maximum atomic E-state index is 6.72. The van der Waals surface area contributed by atoms with E-state index in [1.54, 1.807) is 6.20 Å². The van der Waals surface area contributed by atoms with Crippen molar-refractivity contribution in [2.45, 2.75) is 0 Å². The molecule has 0 spiro atoms. The Balaban J connectivity index is 1.03. The molecule has 0 radical (unpaired) electrons. The smallest absolute Gasteiger partial charge is 0.164 e. The van der Waals surface area contributed by atoms with Crippen molar-refractivity contribution < 1.29 is 4.42 Å². The fraction of sp³-hybridized carbons (Fsp3) is 0. The topological polar surface area (TPSA) is 64.7 Å². The molecule has 4 aromatic heterocycles. The lowest BCUT2D eigenvalue weighted by Gasteiger charge is -2.11. The molecule has 0 fully saturated rings. The number of benzene rings is 7. The molecule has 0 aliphatic carbocycles. The first-order chi connectivity index (χ1) is 27.7. The number of furan rings is 1. The van der Waals surface area contributed by atoms with Crippen molar-refractivity contribution >= 4 is 53.4 Å². The van der Waals surface area contributed by atoms with Crippen LogP contribution in [0.4, 0.5) is 0 Å². The van der Waals surface area contributed by atoms with Gasteiger partial charge in [0, 0.05) is 76.7 Å². The first-order valence-corrected chi connectivity index (χ1v) is 19.3. The number of rotatable bonds is 6. The van der Waals surface area contributed by atoms with Gasteiger partial charge < -0.3 is 4.42 Å². The number of aromatic nitrogens is 4. The van der Waals surface area contributed by atoms with Crippen molar-refractivity contribution in [1.82, 2.24) is 19.9 Å². The Morgan fingerprint density at radius 1 is 0.411 bits per heavy atom. The second kappa shape index (κ2) is 13.2. The van der Waals surface area contributed by atoms with E-state index in [9.17, 15) is 0 Å². The number of hydrogen-bond acceptors (Lipinski definition) is 6. The summed E-state index contributed by atoms with van der Waals surface area (Å²) in [5, 5.41) is 4.80. The minimum Gasteiger partial charge on any atom is -0.455 e. The van der Waals surface area contributed by atoms with Crippen LogP contribution in [0, 0.1) is 0 Å². The Kier molecular flexibility index (Phi) is 7.60. The highest BCUT2D eigenvalue weighted by Gasteiger charge is 2.20. The Labute approximate surface area is 326 Å². The summed E-state index contributed by atoms with van der Waals surface area (Å²) >= 11 is 1.85. The van der Waals surface area contributed by atoms with Crippen molar-refractivity contribution in [1.29, 1.82) is 0 Å². The van der Waals surface area contributed by atoms with Gasteiger partial charge in [-0.15, -0.1) is 11.3 Å². The number of pyridine rings is 1. The van der Waals surface area contributed by atoms with Gasteiger partial charge in [0.15, 0.2) is 17.5 Å². The molecule has 0 saturated carbocycles. The Bertz CT molecular complexity index is 3240. The van der Waals surface area contributed by atoms with Crippen LogP contribution in [0.2, 0.25) is 0 Å². The van der Waals surface area contributed by atoms with E-state index in [0.29, 0.717) is 17.5 Å². The van der Waals surface area contributed by atoms with Crippen molar-refractivity contribution in [2.24, 2.45) is 0 Å². The Morgan fingerprint density at radius 3 is 1.86 bits per heavy atom. The zero-order valence-electron chi connectivity index (χ0n) is 29.9. The normalized spacial score (nSPS) is 11.6. The molecular weight excluding hydrogens is 705 g/mol. The first kappa shape index (κ1) is 32.2. The van der Waals surface area contributed by atoms with Gasteiger partial charge in [-0.1, -0.05) is 140 Å². The zero-order chi connectivity index (χ0) is 37.0. The van der Waals surface area contributed by atoms with E-state index in [0.717, 1.165) is 60.9 Å². The van der Waals surface area contributed by atoms with Gasteiger partial charge in [0.25, 0.3) is 0 Å². The monoisotopic (exact) mass is 734 g/mol. The predicted octanol–water partition coefficient (Wildman–Crippen LogP) is 13.5. The average molecular weight is 735 g/mol. The maximum Gasteiger partial charge on any atom is 0.164 e. The van der Waals surface area contributed by atoms with Crippen molar-refractivity contribution in [3.8, 4) is 67.5 Å². The second-order valence-electron chi connectivity index (χ2n) is 13.8. The van der Waals surface area contributed by atoms with E-state index >= 15 is 0 Å². The van der Waals surface area contributed by atoms with E-state index < -0.39 is 0 Å². The van der Waals surface area contributed by atoms with Gasteiger partial charge in [0.2, 0.25) is 0 Å². The summed E-state index contributed by atoms with van der Waals surface area (Å²) in [6.07, 6.45) is 3.65. The third-order valence-corrected chi connectivity index (χ3v) is 11.7. The molecular formula is C50H30N4OS. The number of thiophene rings is 1. The molecule has 11 aromatic rings. The zero-order valence-corrected chi connectivity index (χ0v) is 30.7. The largest absolute Gasteiger partial charge is 0.455 e. The van der Waals surface area contributed by atoms with Crippen LogP contribution in [0.3, 0.4) is 0 Å². The van der Waals surface area contributed by atoms with Crippen LogP contribution in [-0.2, 0) is 0 Å². The van der Waals surface area contributed by atoms with Crippen LogP contribution in [0.5, 0.6) is 0 Å². The highest BCUT2D eigenvalue weighted by Crippen LogP contribution is 2.46. The number of fused-ring (bicyclic) bond motifs is 6. The molecule has 0 aliphatic rings. The Hall–Kier alpha value is -7.28. The molecule has 5 nitrogen and oxygen atoms in total. The number of para-hydroxylation sites is 1. The summed E-state index contributed by atoms with van der Waals surface area (Å²) < 4.78 is 9.30. The van der Waals surface area contributed by atoms with Crippen LogP contribution >= 0.6 is 11.3 Å². The van der Waals surface area contributed by atoms with E-state index in [1.165, 1.54) is 31.3 Å². The fourth-order valence-corrected chi connectivity index (χ4v) is 8.99.